The maximum absolute atomic E-state index is 4.54. The van der Waals surface area contributed by atoms with E-state index in [0.29, 0.717) is 0 Å². The summed E-state index contributed by atoms with van der Waals surface area (Å²) in [6.45, 7) is 5.77. The summed E-state index contributed by atoms with van der Waals surface area (Å²) in [5.74, 6) is 0.815. The number of anilines is 1. The van der Waals surface area contributed by atoms with E-state index < -0.39 is 0 Å². The molecule has 4 heteroatoms. The average Bonchev–Trinajstić information content (AvgIpc) is 2.94. The molecular formula is C14H24N4. The van der Waals surface area contributed by atoms with Gasteiger partial charge in [-0.1, -0.05) is 6.92 Å². The minimum Gasteiger partial charge on any atom is -0.368 e. The Hall–Kier alpha value is -1.03. The Kier molecular flexibility index (Phi) is 3.29. The van der Waals surface area contributed by atoms with E-state index in [1.807, 2.05) is 11.7 Å². The van der Waals surface area contributed by atoms with Gasteiger partial charge in [-0.15, -0.1) is 0 Å². The molecule has 2 fully saturated rings. The first kappa shape index (κ1) is 12.0. The molecule has 1 aromatic heterocycles. The summed E-state index contributed by atoms with van der Waals surface area (Å²) >= 11 is 0. The third kappa shape index (κ3) is 2.53. The minimum absolute atomic E-state index is 0.815. The van der Waals surface area contributed by atoms with Crippen LogP contribution in [0, 0.1) is 5.92 Å². The third-order valence-corrected chi connectivity index (χ3v) is 4.12. The molecule has 0 bridgehead atoms. The molecule has 1 saturated heterocycles. The Morgan fingerprint density at radius 2 is 2.22 bits per heavy atom. The van der Waals surface area contributed by atoms with Gasteiger partial charge in [0, 0.05) is 32.4 Å². The van der Waals surface area contributed by atoms with E-state index >= 15 is 0 Å². The molecule has 0 spiro atoms. The second kappa shape index (κ2) is 4.92. The minimum atomic E-state index is 0.815. The maximum Gasteiger partial charge on any atom is 0.0855 e. The Balaban J connectivity index is 1.59. The lowest BCUT2D eigenvalue weighted by Crippen LogP contribution is -2.27. The highest BCUT2D eigenvalue weighted by atomic mass is 15.3. The first-order valence-electron chi connectivity index (χ1n) is 7.27. The third-order valence-electron chi connectivity index (χ3n) is 4.12. The van der Waals surface area contributed by atoms with E-state index in [9.17, 15) is 0 Å². The van der Waals surface area contributed by atoms with Crippen LogP contribution >= 0.6 is 0 Å². The van der Waals surface area contributed by atoms with Crippen LogP contribution in [0.1, 0.15) is 31.9 Å². The van der Waals surface area contributed by atoms with Crippen LogP contribution in [0.5, 0.6) is 0 Å². The number of rotatable bonds is 5. The second-order valence-electron chi connectivity index (χ2n) is 5.77. The molecule has 2 aliphatic rings. The zero-order valence-electron chi connectivity index (χ0n) is 11.5. The molecule has 1 saturated carbocycles. The molecule has 0 aromatic carbocycles. The van der Waals surface area contributed by atoms with Crippen molar-refractivity contribution in [3.8, 4) is 0 Å². The molecule has 1 N–H and O–H groups in total. The van der Waals surface area contributed by atoms with Crippen molar-refractivity contribution in [1.29, 1.82) is 0 Å². The summed E-state index contributed by atoms with van der Waals surface area (Å²) in [5.41, 5.74) is 2.60. The van der Waals surface area contributed by atoms with Crippen LogP contribution in [0.25, 0.3) is 0 Å². The van der Waals surface area contributed by atoms with Crippen LogP contribution in [0.15, 0.2) is 6.20 Å². The highest BCUT2D eigenvalue weighted by Gasteiger charge is 2.27. The Morgan fingerprint density at radius 1 is 1.39 bits per heavy atom. The molecule has 1 aromatic rings. The number of aromatic nitrogens is 2. The van der Waals surface area contributed by atoms with E-state index in [0.717, 1.165) is 18.4 Å². The molecule has 2 heterocycles. The fraction of sp³-hybridized carbons (Fsp3) is 0.786. The molecule has 0 radical (unpaired) electrons. The summed E-state index contributed by atoms with van der Waals surface area (Å²) in [7, 11) is 2.02. The molecule has 0 amide bonds. The summed E-state index contributed by atoms with van der Waals surface area (Å²) in [6, 6.07) is 0.837. The largest absolute Gasteiger partial charge is 0.368 e. The van der Waals surface area contributed by atoms with Crippen LogP contribution in [-0.4, -0.2) is 35.5 Å². The lowest BCUT2D eigenvalue weighted by atomic mass is 10.1. The molecule has 4 nitrogen and oxygen atoms in total. The quantitative estimate of drug-likeness (QED) is 0.858. The normalized spacial score (nSPS) is 23.9. The zero-order valence-corrected chi connectivity index (χ0v) is 11.5. The Morgan fingerprint density at radius 3 is 2.94 bits per heavy atom. The van der Waals surface area contributed by atoms with Gasteiger partial charge >= 0.3 is 0 Å². The fourth-order valence-electron chi connectivity index (χ4n) is 2.88. The van der Waals surface area contributed by atoms with Crippen LogP contribution in [0.4, 0.5) is 5.69 Å². The van der Waals surface area contributed by atoms with Gasteiger partial charge in [-0.3, -0.25) is 4.68 Å². The monoisotopic (exact) mass is 248 g/mol. The van der Waals surface area contributed by atoms with Crippen LogP contribution in [0.3, 0.4) is 0 Å². The summed E-state index contributed by atoms with van der Waals surface area (Å²) < 4.78 is 1.95. The Labute approximate surface area is 109 Å². The van der Waals surface area contributed by atoms with Gasteiger partial charge in [0.1, 0.15) is 0 Å². The highest BCUT2D eigenvalue weighted by Crippen LogP contribution is 2.27. The predicted molar refractivity (Wildman–Crippen MR) is 73.9 cm³/mol. The van der Waals surface area contributed by atoms with Gasteiger partial charge in [-0.2, -0.15) is 5.10 Å². The highest BCUT2D eigenvalue weighted by molar-refractivity contribution is 5.50. The summed E-state index contributed by atoms with van der Waals surface area (Å²) in [4.78, 5) is 2.52. The molecule has 18 heavy (non-hydrogen) atoms. The summed E-state index contributed by atoms with van der Waals surface area (Å²) in [5, 5.41) is 8.20. The van der Waals surface area contributed by atoms with E-state index in [1.165, 1.54) is 50.3 Å². The number of nitrogens with one attached hydrogen (secondary N) is 1. The first-order chi connectivity index (χ1) is 8.76. The molecule has 1 atom stereocenters. The van der Waals surface area contributed by atoms with E-state index in [4.69, 9.17) is 0 Å². The molecule has 1 unspecified atom stereocenters. The average molecular weight is 248 g/mol. The SMILES string of the molecule is CCc1nn(C)cc1N1CCC(CNC2CC2)C1. The van der Waals surface area contributed by atoms with Gasteiger partial charge in [0.05, 0.1) is 11.4 Å². The van der Waals surface area contributed by atoms with E-state index in [-0.39, 0.29) is 0 Å². The van der Waals surface area contributed by atoms with Gasteiger partial charge in [0.25, 0.3) is 0 Å². The molecule has 1 aliphatic carbocycles. The lowest BCUT2D eigenvalue weighted by molar-refractivity contribution is 0.515. The van der Waals surface area contributed by atoms with E-state index in [1.54, 1.807) is 0 Å². The fourth-order valence-corrected chi connectivity index (χ4v) is 2.88. The topological polar surface area (TPSA) is 33.1 Å². The van der Waals surface area contributed by atoms with Crippen LogP contribution < -0.4 is 10.2 Å². The van der Waals surface area contributed by atoms with Crippen LogP contribution in [0.2, 0.25) is 0 Å². The van der Waals surface area contributed by atoms with Gasteiger partial charge < -0.3 is 10.2 Å². The molecular weight excluding hydrogens is 224 g/mol. The van der Waals surface area contributed by atoms with Crippen molar-refractivity contribution in [1.82, 2.24) is 15.1 Å². The van der Waals surface area contributed by atoms with Crippen molar-refractivity contribution < 1.29 is 0 Å². The maximum atomic E-state index is 4.54. The molecule has 3 rings (SSSR count). The van der Waals surface area contributed by atoms with Crippen LogP contribution in [-0.2, 0) is 13.5 Å². The van der Waals surface area contributed by atoms with Crippen molar-refractivity contribution in [2.75, 3.05) is 24.5 Å². The van der Waals surface area contributed by atoms with Gasteiger partial charge in [0.15, 0.2) is 0 Å². The summed E-state index contributed by atoms with van der Waals surface area (Å²) in [6.07, 6.45) is 7.29. The first-order valence-corrected chi connectivity index (χ1v) is 7.27. The lowest BCUT2D eigenvalue weighted by Gasteiger charge is -2.18. The number of aryl methyl sites for hydroxylation is 2. The predicted octanol–water partition coefficient (Wildman–Crippen LogP) is 1.56. The number of hydrogen-bond acceptors (Lipinski definition) is 3. The second-order valence-corrected chi connectivity index (χ2v) is 5.77. The van der Waals surface area contributed by atoms with Crippen molar-refractivity contribution in [2.45, 2.75) is 38.6 Å². The number of nitrogens with zero attached hydrogens (tertiary/aromatic N) is 3. The van der Waals surface area contributed by atoms with E-state index in [2.05, 4.69) is 28.4 Å². The van der Waals surface area contributed by atoms with Gasteiger partial charge in [-0.25, -0.2) is 0 Å². The number of hydrogen-bond donors (Lipinski definition) is 1. The smallest absolute Gasteiger partial charge is 0.0855 e. The van der Waals surface area contributed by atoms with Crippen molar-refractivity contribution in [3.05, 3.63) is 11.9 Å². The van der Waals surface area contributed by atoms with Crippen molar-refractivity contribution >= 4 is 5.69 Å². The van der Waals surface area contributed by atoms with Crippen molar-refractivity contribution in [3.63, 3.8) is 0 Å². The molecule has 1 aliphatic heterocycles. The van der Waals surface area contributed by atoms with Gasteiger partial charge in [0.2, 0.25) is 0 Å². The molecule has 100 valence electrons. The standard InChI is InChI=1S/C14H24N4/c1-3-13-14(10-17(2)16-13)18-7-6-11(9-18)8-15-12-4-5-12/h10-12,15H,3-9H2,1-2H3. The zero-order chi connectivity index (χ0) is 12.5. The Bertz CT molecular complexity index is 408. The van der Waals surface area contributed by atoms with Gasteiger partial charge in [-0.05, 0) is 38.1 Å². The van der Waals surface area contributed by atoms with Crippen molar-refractivity contribution in [2.24, 2.45) is 13.0 Å².